The number of hydrogen-bond acceptors (Lipinski definition) is 3. The summed E-state index contributed by atoms with van der Waals surface area (Å²) in [6.45, 7) is 0. The second-order valence-electron chi connectivity index (χ2n) is 20.1. The molecular weight excluding hydrogens is 897 g/mol. The van der Waals surface area contributed by atoms with Crippen LogP contribution in [0.3, 0.4) is 0 Å². The van der Waals surface area contributed by atoms with Crippen LogP contribution in [0.25, 0.3) is 60.9 Å². The van der Waals surface area contributed by atoms with Crippen LogP contribution in [0, 0.1) is 5.92 Å². The molecule has 0 radical (unpaired) electrons. The largest absolute Gasteiger partial charge is 0.455 e. The van der Waals surface area contributed by atoms with Gasteiger partial charge in [0.2, 0.25) is 0 Å². The molecule has 11 aromatic rings. The molecule has 4 aliphatic rings. The fraction of sp³-hybridized carbons (Fsp3) is 0.0704. The molecule has 0 N–H and O–H groups in total. The maximum Gasteiger partial charge on any atom is 0.143 e. The molecule has 1 atom stereocenters. The van der Waals surface area contributed by atoms with Crippen LogP contribution in [-0.2, 0) is 5.41 Å². The average molecular weight is 947 g/mol. The first-order chi connectivity index (χ1) is 36.8. The Kier molecular flexibility index (Phi) is 9.75. The third-order valence-corrected chi connectivity index (χ3v) is 16.3. The molecule has 1 unspecified atom stereocenters. The van der Waals surface area contributed by atoms with Crippen molar-refractivity contribution < 1.29 is 4.42 Å². The molecule has 350 valence electrons. The Morgan fingerprint density at radius 2 is 1.05 bits per heavy atom. The molecule has 3 aliphatic carbocycles. The molecule has 0 saturated carbocycles. The number of anilines is 6. The van der Waals surface area contributed by atoms with E-state index in [2.05, 4.69) is 265 Å². The predicted octanol–water partition coefficient (Wildman–Crippen LogP) is 19.2. The van der Waals surface area contributed by atoms with E-state index in [1.54, 1.807) is 0 Å². The summed E-state index contributed by atoms with van der Waals surface area (Å²) < 4.78 is 6.61. The van der Waals surface area contributed by atoms with Crippen molar-refractivity contribution in [3.05, 3.63) is 294 Å². The molecule has 1 aliphatic heterocycles. The van der Waals surface area contributed by atoms with E-state index in [9.17, 15) is 0 Å². The number of nitrogens with zero attached hydrogens (tertiary/aromatic N) is 2. The van der Waals surface area contributed by atoms with E-state index in [-0.39, 0.29) is 0 Å². The van der Waals surface area contributed by atoms with E-state index in [0.717, 1.165) is 68.7 Å². The van der Waals surface area contributed by atoms with Crippen LogP contribution >= 0.6 is 0 Å². The van der Waals surface area contributed by atoms with Gasteiger partial charge in [-0.15, -0.1) is 0 Å². The van der Waals surface area contributed by atoms with Crippen molar-refractivity contribution in [3.63, 3.8) is 0 Å². The summed E-state index contributed by atoms with van der Waals surface area (Å²) in [6.07, 6.45) is 13.0. The van der Waals surface area contributed by atoms with Gasteiger partial charge in [0, 0.05) is 38.8 Å². The van der Waals surface area contributed by atoms with Gasteiger partial charge in [-0.1, -0.05) is 206 Å². The number of rotatable bonds is 7. The van der Waals surface area contributed by atoms with Crippen molar-refractivity contribution in [1.82, 2.24) is 0 Å². The van der Waals surface area contributed by atoms with Gasteiger partial charge in [0.15, 0.2) is 0 Å². The molecule has 1 aromatic heterocycles. The predicted molar refractivity (Wildman–Crippen MR) is 307 cm³/mol. The highest BCUT2D eigenvalue weighted by molar-refractivity contribution is 6.10. The Bertz CT molecular complexity index is 4090. The van der Waals surface area contributed by atoms with E-state index >= 15 is 0 Å². The summed E-state index contributed by atoms with van der Waals surface area (Å²) in [5.74, 6) is 0.540. The molecule has 74 heavy (non-hydrogen) atoms. The summed E-state index contributed by atoms with van der Waals surface area (Å²) in [6, 6.07) is 87.4. The molecule has 0 amide bonds. The minimum absolute atomic E-state index is 0.540. The second kappa shape index (κ2) is 17.0. The van der Waals surface area contributed by atoms with Crippen LogP contribution in [-0.4, -0.2) is 0 Å². The van der Waals surface area contributed by atoms with Gasteiger partial charge >= 0.3 is 0 Å². The highest BCUT2D eigenvalue weighted by Gasteiger charge is 2.52. The third-order valence-electron chi connectivity index (χ3n) is 16.3. The lowest BCUT2D eigenvalue weighted by atomic mass is 9.64. The molecular formula is C71H50N2O. The number of allylic oxidation sites excluding steroid dienone is 6. The summed E-state index contributed by atoms with van der Waals surface area (Å²) in [4.78, 5) is 5.00. The summed E-state index contributed by atoms with van der Waals surface area (Å²) >= 11 is 0. The number of hydrogen-bond donors (Lipinski definition) is 0. The van der Waals surface area contributed by atoms with Gasteiger partial charge in [-0.25, -0.2) is 0 Å². The van der Waals surface area contributed by atoms with E-state index in [1.165, 1.54) is 79.0 Å². The molecule has 3 heteroatoms. The first kappa shape index (κ1) is 42.5. The quantitative estimate of drug-likeness (QED) is 0.159. The molecule has 1 spiro atoms. The zero-order valence-corrected chi connectivity index (χ0v) is 40.8. The maximum absolute atomic E-state index is 6.61. The molecule has 10 aromatic carbocycles. The van der Waals surface area contributed by atoms with Gasteiger partial charge in [0.25, 0.3) is 0 Å². The van der Waals surface area contributed by atoms with Crippen LogP contribution in [0.15, 0.2) is 271 Å². The SMILES string of the molecule is C1=CC2=C(c3ccccc3-c3ccccc3N(c3ccc(-c4cccc5c4oc4ccccc45)cc3)c3cccc4c3-c3ccccc3C43c4ccccc4N(c4ccccc4)c4ccccc43)C=CCC2CC1. The van der Waals surface area contributed by atoms with Crippen molar-refractivity contribution in [2.24, 2.45) is 5.92 Å². The van der Waals surface area contributed by atoms with E-state index in [0.29, 0.717) is 5.92 Å². The fourth-order valence-electron chi connectivity index (χ4n) is 13.2. The van der Waals surface area contributed by atoms with Crippen molar-refractivity contribution in [2.45, 2.75) is 24.7 Å². The first-order valence-corrected chi connectivity index (χ1v) is 26.1. The van der Waals surface area contributed by atoms with Gasteiger partial charge < -0.3 is 14.2 Å². The summed E-state index contributed by atoms with van der Waals surface area (Å²) in [5.41, 5.74) is 24.2. The average Bonchev–Trinajstić information content (AvgIpc) is 4.12. The van der Waals surface area contributed by atoms with Crippen molar-refractivity contribution in [3.8, 4) is 33.4 Å². The zero-order valence-electron chi connectivity index (χ0n) is 40.8. The molecule has 3 nitrogen and oxygen atoms in total. The number of furan rings is 1. The number of para-hydroxylation sites is 6. The molecule has 2 heterocycles. The maximum atomic E-state index is 6.61. The van der Waals surface area contributed by atoms with Crippen LogP contribution in [0.2, 0.25) is 0 Å². The lowest BCUT2D eigenvalue weighted by molar-refractivity contribution is 0.568. The van der Waals surface area contributed by atoms with E-state index < -0.39 is 5.41 Å². The van der Waals surface area contributed by atoms with E-state index in [4.69, 9.17) is 4.42 Å². The summed E-state index contributed by atoms with van der Waals surface area (Å²) in [5, 5.41) is 2.26. The normalized spacial score (nSPS) is 15.7. The van der Waals surface area contributed by atoms with Crippen molar-refractivity contribution in [1.29, 1.82) is 0 Å². The lowest BCUT2D eigenvalue weighted by Gasteiger charge is -2.45. The van der Waals surface area contributed by atoms with Crippen LogP contribution in [0.1, 0.15) is 47.1 Å². The Morgan fingerprint density at radius 3 is 1.86 bits per heavy atom. The molecule has 15 rings (SSSR count). The fourth-order valence-corrected chi connectivity index (χ4v) is 13.2. The van der Waals surface area contributed by atoms with Crippen LogP contribution in [0.4, 0.5) is 34.1 Å². The second-order valence-corrected chi connectivity index (χ2v) is 20.1. The van der Waals surface area contributed by atoms with Gasteiger partial charge in [-0.2, -0.15) is 0 Å². The Morgan fingerprint density at radius 1 is 0.446 bits per heavy atom. The monoisotopic (exact) mass is 946 g/mol. The Hall–Kier alpha value is -9.18. The van der Waals surface area contributed by atoms with Gasteiger partial charge in [-0.05, 0) is 135 Å². The van der Waals surface area contributed by atoms with Crippen molar-refractivity contribution >= 4 is 61.6 Å². The standard InChI is InChI=1S/C71H50N2O/c1-2-23-49(24-3-1)73-65-39-15-12-35-61(65)71(62-36-13-16-40-66(62)73)60-34-11-8-30-59(60)69-63(71)37-20-41-67(69)72(50-45-43-48(44-46-50)52-31-19-33-58-57-29-10-17-42-68(57)74-70(52)58)64-38-14-9-28-56(64)55-27-7-6-26-54(55)53-32-18-22-47-21-4-5-25-51(47)53/h1-3,5-20,23-47H,4,21-22H2. The molecule has 0 fully saturated rings. The van der Waals surface area contributed by atoms with Gasteiger partial charge in [-0.3, -0.25) is 0 Å². The van der Waals surface area contributed by atoms with Gasteiger partial charge in [0.1, 0.15) is 11.2 Å². The minimum Gasteiger partial charge on any atom is -0.455 e. The highest BCUT2D eigenvalue weighted by Crippen LogP contribution is 2.65. The number of fused-ring (bicyclic) bond motifs is 13. The Labute approximate surface area is 431 Å². The smallest absolute Gasteiger partial charge is 0.143 e. The van der Waals surface area contributed by atoms with E-state index in [1.807, 2.05) is 6.07 Å². The van der Waals surface area contributed by atoms with Crippen LogP contribution in [0.5, 0.6) is 0 Å². The van der Waals surface area contributed by atoms with Crippen LogP contribution < -0.4 is 9.80 Å². The molecule has 0 bridgehead atoms. The topological polar surface area (TPSA) is 19.6 Å². The molecule has 0 saturated heterocycles. The highest BCUT2D eigenvalue weighted by atomic mass is 16.3. The number of benzene rings is 10. The van der Waals surface area contributed by atoms with Crippen molar-refractivity contribution in [2.75, 3.05) is 9.80 Å². The zero-order chi connectivity index (χ0) is 48.7. The van der Waals surface area contributed by atoms with Gasteiger partial charge in [0.05, 0.1) is 28.2 Å². The third kappa shape index (κ3) is 6.26. The minimum atomic E-state index is -0.613. The summed E-state index contributed by atoms with van der Waals surface area (Å²) in [7, 11) is 0. The first-order valence-electron chi connectivity index (χ1n) is 26.1. The Balaban J connectivity index is 0.985. The lowest BCUT2D eigenvalue weighted by Crippen LogP contribution is -2.36.